The third-order valence-electron chi connectivity index (χ3n) is 4.93. The van der Waals surface area contributed by atoms with E-state index in [4.69, 9.17) is 4.52 Å². The number of urea groups is 1. The topological polar surface area (TPSA) is 70.4 Å². The third kappa shape index (κ3) is 4.85. The first-order valence-electron chi connectivity index (χ1n) is 9.26. The summed E-state index contributed by atoms with van der Waals surface area (Å²) in [5.41, 5.74) is 3.28. The maximum absolute atomic E-state index is 12.3. The van der Waals surface area contributed by atoms with E-state index < -0.39 is 0 Å². The van der Waals surface area contributed by atoms with Crippen LogP contribution in [0.3, 0.4) is 0 Å². The minimum absolute atomic E-state index is 0.0219. The van der Waals surface area contributed by atoms with Crippen LogP contribution in [-0.2, 0) is 13.0 Å². The number of nitrogens with zero attached hydrogens (tertiary/aromatic N) is 2. The number of amides is 2. The Bertz CT molecular complexity index is 709. The average Bonchev–Trinajstić information content (AvgIpc) is 3.16. The second kappa shape index (κ2) is 8.36. The van der Waals surface area contributed by atoms with Crippen molar-refractivity contribution in [2.24, 2.45) is 0 Å². The van der Waals surface area contributed by atoms with Gasteiger partial charge in [0.1, 0.15) is 5.76 Å². The highest BCUT2D eigenvalue weighted by Crippen LogP contribution is 2.15. The van der Waals surface area contributed by atoms with Gasteiger partial charge in [0, 0.05) is 37.3 Å². The molecular weight excluding hydrogens is 328 g/mol. The number of rotatable bonds is 6. The van der Waals surface area contributed by atoms with E-state index in [-0.39, 0.29) is 18.1 Å². The fraction of sp³-hybridized carbons (Fsp3) is 0.500. The van der Waals surface area contributed by atoms with Crippen molar-refractivity contribution in [1.29, 1.82) is 0 Å². The monoisotopic (exact) mass is 356 g/mol. The first kappa shape index (κ1) is 18.5. The molecule has 2 N–H and O–H groups in total. The molecule has 1 fully saturated rings. The molecular formula is C20H28N4O2. The Labute approximate surface area is 154 Å². The van der Waals surface area contributed by atoms with Gasteiger partial charge in [0.25, 0.3) is 0 Å². The Morgan fingerprint density at radius 3 is 2.81 bits per heavy atom. The van der Waals surface area contributed by atoms with E-state index in [1.165, 1.54) is 5.56 Å². The highest BCUT2D eigenvalue weighted by Gasteiger charge is 2.24. The number of aromatic nitrogens is 1. The molecule has 2 amide bonds. The molecule has 2 heterocycles. The number of benzene rings is 1. The highest BCUT2D eigenvalue weighted by molar-refractivity contribution is 5.74. The highest BCUT2D eigenvalue weighted by atomic mass is 16.5. The van der Waals surface area contributed by atoms with Gasteiger partial charge in [-0.2, -0.15) is 0 Å². The van der Waals surface area contributed by atoms with Gasteiger partial charge in [-0.1, -0.05) is 35.5 Å². The maximum atomic E-state index is 12.3. The third-order valence-corrected chi connectivity index (χ3v) is 4.93. The molecule has 1 aliphatic heterocycles. The normalized spacial score (nSPS) is 18.7. The molecule has 1 aromatic heterocycles. The summed E-state index contributed by atoms with van der Waals surface area (Å²) in [6.07, 6.45) is 1.71. The van der Waals surface area contributed by atoms with E-state index in [1.807, 2.05) is 26.8 Å². The summed E-state index contributed by atoms with van der Waals surface area (Å²) in [5.74, 6) is 0.823. The van der Waals surface area contributed by atoms with Crippen molar-refractivity contribution in [1.82, 2.24) is 20.7 Å². The van der Waals surface area contributed by atoms with E-state index in [1.54, 1.807) is 0 Å². The molecule has 6 heteroatoms. The van der Waals surface area contributed by atoms with E-state index in [0.29, 0.717) is 0 Å². The lowest BCUT2D eigenvalue weighted by molar-refractivity contribution is 0.233. The minimum atomic E-state index is -0.101. The zero-order chi connectivity index (χ0) is 18.5. The molecule has 2 atom stereocenters. The summed E-state index contributed by atoms with van der Waals surface area (Å²) in [6, 6.07) is 10.6. The number of hydrogen-bond acceptors (Lipinski definition) is 4. The molecule has 1 aliphatic rings. The van der Waals surface area contributed by atoms with Crippen molar-refractivity contribution in [3.63, 3.8) is 0 Å². The van der Waals surface area contributed by atoms with Crippen molar-refractivity contribution in [3.8, 4) is 0 Å². The number of aryl methyl sites for hydroxylation is 2. The Kier molecular flexibility index (Phi) is 5.93. The van der Waals surface area contributed by atoms with Crippen LogP contribution in [0.4, 0.5) is 4.79 Å². The van der Waals surface area contributed by atoms with E-state index in [0.717, 1.165) is 49.5 Å². The first-order chi connectivity index (χ1) is 12.5. The van der Waals surface area contributed by atoms with Crippen LogP contribution in [0.5, 0.6) is 0 Å². The van der Waals surface area contributed by atoms with Gasteiger partial charge in [-0.3, -0.25) is 4.90 Å². The van der Waals surface area contributed by atoms with Gasteiger partial charge >= 0.3 is 6.03 Å². The van der Waals surface area contributed by atoms with Gasteiger partial charge in [-0.05, 0) is 39.2 Å². The molecule has 0 bridgehead atoms. The Hall–Kier alpha value is -2.34. The first-order valence-corrected chi connectivity index (χ1v) is 9.26. The SMILES string of the molecule is Cc1noc(C)c1CC(C)NC(=O)NC1CCN(Cc2ccccc2)C1. The fourth-order valence-corrected chi connectivity index (χ4v) is 3.54. The molecule has 1 aromatic carbocycles. The summed E-state index contributed by atoms with van der Waals surface area (Å²) in [5, 5.41) is 10.1. The minimum Gasteiger partial charge on any atom is -0.361 e. The average molecular weight is 356 g/mol. The molecule has 140 valence electrons. The van der Waals surface area contributed by atoms with Gasteiger partial charge in [0.15, 0.2) is 0 Å². The number of carbonyl (C=O) groups excluding carboxylic acids is 1. The molecule has 3 rings (SSSR count). The van der Waals surface area contributed by atoms with Gasteiger partial charge in [-0.15, -0.1) is 0 Å². The second-order valence-corrected chi connectivity index (χ2v) is 7.23. The summed E-state index contributed by atoms with van der Waals surface area (Å²) < 4.78 is 5.19. The predicted octanol–water partition coefficient (Wildman–Crippen LogP) is 2.80. The summed E-state index contributed by atoms with van der Waals surface area (Å²) >= 11 is 0. The van der Waals surface area contributed by atoms with Crippen LogP contribution < -0.4 is 10.6 Å². The number of nitrogens with one attached hydrogen (secondary N) is 2. The Balaban J connectivity index is 1.42. The van der Waals surface area contributed by atoms with Gasteiger partial charge < -0.3 is 15.2 Å². The number of carbonyl (C=O) groups is 1. The summed E-state index contributed by atoms with van der Waals surface area (Å²) in [4.78, 5) is 14.7. The van der Waals surface area contributed by atoms with Gasteiger partial charge in [0.2, 0.25) is 0 Å². The van der Waals surface area contributed by atoms with Crippen molar-refractivity contribution in [3.05, 3.63) is 52.9 Å². The molecule has 0 radical (unpaired) electrons. The van der Waals surface area contributed by atoms with Crippen molar-refractivity contribution in [2.75, 3.05) is 13.1 Å². The predicted molar refractivity (Wildman–Crippen MR) is 101 cm³/mol. The maximum Gasteiger partial charge on any atom is 0.315 e. The molecule has 26 heavy (non-hydrogen) atoms. The Morgan fingerprint density at radius 1 is 1.35 bits per heavy atom. The molecule has 0 saturated carbocycles. The standard InChI is InChI=1S/C20H28N4O2/c1-14(11-19-15(2)23-26-16(19)3)21-20(25)22-18-9-10-24(13-18)12-17-7-5-4-6-8-17/h4-8,14,18H,9-13H2,1-3H3,(H2,21,22,25). The van der Waals surface area contributed by atoms with E-state index in [2.05, 4.69) is 45.0 Å². The summed E-state index contributed by atoms with van der Waals surface area (Å²) in [6.45, 7) is 8.67. The quantitative estimate of drug-likeness (QED) is 0.835. The van der Waals surface area contributed by atoms with Gasteiger partial charge in [0.05, 0.1) is 5.69 Å². The fourth-order valence-electron chi connectivity index (χ4n) is 3.54. The lowest BCUT2D eigenvalue weighted by Crippen LogP contribution is -2.46. The molecule has 2 unspecified atom stereocenters. The Morgan fingerprint density at radius 2 is 2.12 bits per heavy atom. The van der Waals surface area contributed by atoms with Gasteiger partial charge in [-0.25, -0.2) is 4.79 Å². The molecule has 0 aliphatic carbocycles. The van der Waals surface area contributed by atoms with Crippen molar-refractivity contribution >= 4 is 6.03 Å². The summed E-state index contributed by atoms with van der Waals surface area (Å²) in [7, 11) is 0. The van der Waals surface area contributed by atoms with Crippen molar-refractivity contribution in [2.45, 2.75) is 52.2 Å². The van der Waals surface area contributed by atoms with Crippen LogP contribution >= 0.6 is 0 Å². The lowest BCUT2D eigenvalue weighted by Gasteiger charge is -2.19. The van der Waals surface area contributed by atoms with Crippen LogP contribution in [0.15, 0.2) is 34.9 Å². The molecule has 0 spiro atoms. The van der Waals surface area contributed by atoms with Crippen LogP contribution in [0.25, 0.3) is 0 Å². The van der Waals surface area contributed by atoms with Crippen molar-refractivity contribution < 1.29 is 9.32 Å². The zero-order valence-electron chi connectivity index (χ0n) is 15.8. The van der Waals surface area contributed by atoms with Crippen LogP contribution in [-0.4, -0.2) is 41.3 Å². The smallest absolute Gasteiger partial charge is 0.315 e. The van der Waals surface area contributed by atoms with E-state index >= 15 is 0 Å². The molecule has 6 nitrogen and oxygen atoms in total. The molecule has 1 saturated heterocycles. The van der Waals surface area contributed by atoms with E-state index in [9.17, 15) is 4.79 Å². The largest absolute Gasteiger partial charge is 0.361 e. The van der Waals surface area contributed by atoms with Crippen LogP contribution in [0.1, 0.15) is 35.9 Å². The second-order valence-electron chi connectivity index (χ2n) is 7.23. The number of hydrogen-bond donors (Lipinski definition) is 2. The van der Waals surface area contributed by atoms with Crippen LogP contribution in [0.2, 0.25) is 0 Å². The number of likely N-dealkylation sites (tertiary alicyclic amines) is 1. The molecule has 2 aromatic rings. The lowest BCUT2D eigenvalue weighted by atomic mass is 10.1. The van der Waals surface area contributed by atoms with Crippen LogP contribution in [0, 0.1) is 13.8 Å². The zero-order valence-corrected chi connectivity index (χ0v) is 15.8.